The molecule has 8 heteroatoms. The fourth-order valence-corrected chi connectivity index (χ4v) is 3.55. The van der Waals surface area contributed by atoms with Gasteiger partial charge in [0.05, 0.1) is 11.1 Å². The average Bonchev–Trinajstić information content (AvgIpc) is 2.73. The van der Waals surface area contributed by atoms with Gasteiger partial charge < -0.3 is 15.0 Å². The van der Waals surface area contributed by atoms with Crippen molar-refractivity contribution in [3.05, 3.63) is 70.9 Å². The van der Waals surface area contributed by atoms with Gasteiger partial charge in [-0.3, -0.25) is 9.78 Å². The van der Waals surface area contributed by atoms with Crippen molar-refractivity contribution >= 4 is 28.5 Å². The zero-order valence-electron chi connectivity index (χ0n) is 16.2. The van der Waals surface area contributed by atoms with E-state index in [1.54, 1.807) is 12.1 Å². The maximum Gasteiger partial charge on any atom is 0.339 e. The number of halogens is 2. The van der Waals surface area contributed by atoms with Gasteiger partial charge in [-0.1, -0.05) is 24.3 Å². The third-order valence-electron chi connectivity index (χ3n) is 5.00. The molecule has 1 aromatic heterocycles. The molecule has 0 atom stereocenters. The molecular weight excluding hydrogens is 392 g/mol. The van der Waals surface area contributed by atoms with Gasteiger partial charge >= 0.3 is 5.97 Å². The summed E-state index contributed by atoms with van der Waals surface area (Å²) in [6.45, 7) is 0.682. The highest BCUT2D eigenvalue weighted by atomic mass is 19.1. The van der Waals surface area contributed by atoms with Gasteiger partial charge in [-0.25, -0.2) is 13.6 Å². The maximum atomic E-state index is 13.7. The summed E-state index contributed by atoms with van der Waals surface area (Å²) in [5, 5.41) is 2.74. The number of esters is 1. The van der Waals surface area contributed by atoms with Crippen molar-refractivity contribution < 1.29 is 23.1 Å². The van der Waals surface area contributed by atoms with Gasteiger partial charge in [-0.05, 0) is 25.2 Å². The van der Waals surface area contributed by atoms with Crippen LogP contribution in [0.5, 0.6) is 0 Å². The van der Waals surface area contributed by atoms with E-state index in [9.17, 15) is 18.4 Å². The summed E-state index contributed by atoms with van der Waals surface area (Å²) in [7, 11) is 1.95. The number of carbonyl (C=O) groups is 2. The Morgan fingerprint density at radius 1 is 1.13 bits per heavy atom. The summed E-state index contributed by atoms with van der Waals surface area (Å²) in [5.74, 6) is -3.33. The number of fused-ring (bicyclic) bond motifs is 2. The molecule has 0 saturated carbocycles. The van der Waals surface area contributed by atoms with Crippen molar-refractivity contribution in [1.29, 1.82) is 0 Å². The minimum atomic E-state index is -0.910. The Bertz CT molecular complexity index is 1130. The van der Waals surface area contributed by atoms with Crippen LogP contribution in [0.25, 0.3) is 10.9 Å². The molecule has 2 aromatic carbocycles. The number of nitrogens with one attached hydrogen (secondary N) is 1. The Kier molecular flexibility index (Phi) is 5.41. The Labute approximate surface area is 171 Å². The summed E-state index contributed by atoms with van der Waals surface area (Å²) >= 11 is 0. The molecule has 0 saturated heterocycles. The number of pyridine rings is 1. The number of hydrogen-bond donors (Lipinski definition) is 1. The predicted molar refractivity (Wildman–Crippen MR) is 107 cm³/mol. The third-order valence-corrected chi connectivity index (χ3v) is 5.00. The Morgan fingerprint density at radius 3 is 2.63 bits per heavy atom. The number of benzene rings is 2. The van der Waals surface area contributed by atoms with Gasteiger partial charge in [0.1, 0.15) is 17.3 Å². The number of hydrogen-bond acceptors (Lipinski definition) is 5. The highest BCUT2D eigenvalue weighted by Gasteiger charge is 2.26. The van der Waals surface area contributed by atoms with E-state index in [1.165, 1.54) is 6.07 Å². The lowest BCUT2D eigenvalue weighted by molar-refractivity contribution is -0.119. The summed E-state index contributed by atoms with van der Waals surface area (Å²) in [4.78, 5) is 31.8. The molecule has 1 aliphatic rings. The van der Waals surface area contributed by atoms with E-state index in [1.807, 2.05) is 19.2 Å². The second kappa shape index (κ2) is 8.16. The zero-order chi connectivity index (χ0) is 21.3. The molecule has 1 N–H and O–H groups in total. The zero-order valence-corrected chi connectivity index (χ0v) is 16.2. The van der Waals surface area contributed by atoms with Crippen LogP contribution >= 0.6 is 0 Å². The van der Waals surface area contributed by atoms with Crippen LogP contribution in [0.1, 0.15) is 21.6 Å². The largest absolute Gasteiger partial charge is 0.452 e. The smallest absolute Gasteiger partial charge is 0.339 e. The van der Waals surface area contributed by atoms with Crippen LogP contribution in [0, 0.1) is 11.6 Å². The van der Waals surface area contributed by atoms with Crippen LogP contribution in [-0.4, -0.2) is 42.0 Å². The lowest BCUT2D eigenvalue weighted by Gasteiger charge is -2.26. The van der Waals surface area contributed by atoms with Gasteiger partial charge in [-0.2, -0.15) is 0 Å². The molecule has 0 aliphatic carbocycles. The van der Waals surface area contributed by atoms with E-state index in [-0.39, 0.29) is 0 Å². The number of carbonyl (C=O) groups excluding carboxylic acids is 2. The van der Waals surface area contributed by atoms with Gasteiger partial charge in [0.25, 0.3) is 5.91 Å². The molecule has 0 radical (unpaired) electrons. The SMILES string of the molecule is CN1CCc2nc3ccccc3c(C(=O)OCC(=O)Nc3c(F)cccc3F)c2C1. The molecule has 0 fully saturated rings. The van der Waals surface area contributed by atoms with Gasteiger partial charge in [0.15, 0.2) is 6.61 Å². The van der Waals surface area contributed by atoms with Crippen LogP contribution in [0.4, 0.5) is 14.5 Å². The van der Waals surface area contributed by atoms with Crippen molar-refractivity contribution in [3.8, 4) is 0 Å². The van der Waals surface area contributed by atoms with Gasteiger partial charge in [-0.15, -0.1) is 0 Å². The molecule has 0 spiro atoms. The molecular formula is C22H19F2N3O3. The normalized spacial score (nSPS) is 13.7. The highest BCUT2D eigenvalue weighted by molar-refractivity contribution is 6.06. The van der Waals surface area contributed by atoms with Crippen molar-refractivity contribution in [2.24, 2.45) is 0 Å². The van der Waals surface area contributed by atoms with Gasteiger partial charge in [0.2, 0.25) is 0 Å². The number of likely N-dealkylation sites (N-methyl/N-ethyl adjacent to an activating group) is 1. The molecule has 3 aromatic rings. The monoisotopic (exact) mass is 411 g/mol. The van der Waals surface area contributed by atoms with Crippen molar-refractivity contribution in [3.63, 3.8) is 0 Å². The van der Waals surface area contributed by atoms with Crippen molar-refractivity contribution in [1.82, 2.24) is 9.88 Å². The number of anilines is 1. The molecule has 0 unspecified atom stereocenters. The quantitative estimate of drug-likeness (QED) is 0.667. The number of amides is 1. The highest BCUT2D eigenvalue weighted by Crippen LogP contribution is 2.28. The lowest BCUT2D eigenvalue weighted by atomic mass is 9.96. The summed E-state index contributed by atoms with van der Waals surface area (Å²) < 4.78 is 32.6. The lowest BCUT2D eigenvalue weighted by Crippen LogP contribution is -2.30. The first-order chi connectivity index (χ1) is 14.4. The van der Waals surface area contributed by atoms with Crippen LogP contribution in [-0.2, 0) is 22.5 Å². The number of aromatic nitrogens is 1. The molecule has 2 heterocycles. The molecule has 154 valence electrons. The van der Waals surface area contributed by atoms with Crippen LogP contribution in [0.3, 0.4) is 0 Å². The number of nitrogens with zero attached hydrogens (tertiary/aromatic N) is 2. The third kappa shape index (κ3) is 3.86. The minimum absolute atomic E-state index is 0.368. The Morgan fingerprint density at radius 2 is 1.87 bits per heavy atom. The first-order valence-electron chi connectivity index (χ1n) is 9.44. The van der Waals surface area contributed by atoms with E-state index < -0.39 is 35.8 Å². The van der Waals surface area contributed by atoms with Crippen molar-refractivity contribution in [2.45, 2.75) is 13.0 Å². The van der Waals surface area contributed by atoms with Crippen LogP contribution in [0.2, 0.25) is 0 Å². The van der Waals surface area contributed by atoms with Crippen molar-refractivity contribution in [2.75, 3.05) is 25.5 Å². The first kappa shape index (κ1) is 19.9. The summed E-state index contributed by atoms with van der Waals surface area (Å²) in [6, 6.07) is 10.5. The van der Waals surface area contributed by atoms with E-state index in [4.69, 9.17) is 4.74 Å². The number of rotatable bonds is 4. The molecule has 0 bridgehead atoms. The second-order valence-corrected chi connectivity index (χ2v) is 7.14. The molecule has 4 rings (SSSR count). The first-order valence-corrected chi connectivity index (χ1v) is 9.44. The molecule has 6 nitrogen and oxygen atoms in total. The Hall–Kier alpha value is -3.39. The van der Waals surface area contributed by atoms with E-state index in [2.05, 4.69) is 15.2 Å². The standard InChI is InChI=1S/C22H19F2N3O3/c1-27-10-9-18-14(11-27)20(13-5-2-3-8-17(13)25-18)22(29)30-12-19(28)26-21-15(23)6-4-7-16(21)24/h2-8H,9-12H2,1H3,(H,26,28). The fourth-order valence-electron chi connectivity index (χ4n) is 3.55. The van der Waals surface area contributed by atoms with Gasteiger partial charge in [0, 0.05) is 36.2 Å². The number of para-hydroxylation sites is 2. The summed E-state index contributed by atoms with van der Waals surface area (Å²) in [6.07, 6.45) is 0.698. The van der Waals surface area contributed by atoms with Crippen LogP contribution < -0.4 is 5.32 Å². The van der Waals surface area contributed by atoms with E-state index in [0.717, 1.165) is 29.9 Å². The molecule has 30 heavy (non-hydrogen) atoms. The average molecular weight is 411 g/mol. The van der Waals surface area contributed by atoms with E-state index in [0.29, 0.717) is 29.4 Å². The topological polar surface area (TPSA) is 71.5 Å². The fraction of sp³-hybridized carbons (Fsp3) is 0.227. The second-order valence-electron chi connectivity index (χ2n) is 7.14. The maximum absolute atomic E-state index is 13.7. The van der Waals surface area contributed by atoms with E-state index >= 15 is 0 Å². The molecule has 1 aliphatic heterocycles. The number of ether oxygens (including phenoxy) is 1. The predicted octanol–water partition coefficient (Wildman–Crippen LogP) is 3.30. The summed E-state index contributed by atoms with van der Waals surface area (Å²) in [5.41, 5.74) is 2.06. The Balaban J connectivity index is 1.58. The minimum Gasteiger partial charge on any atom is -0.452 e. The van der Waals surface area contributed by atoms with Crippen LogP contribution in [0.15, 0.2) is 42.5 Å². The molecule has 1 amide bonds.